The van der Waals surface area contributed by atoms with Gasteiger partial charge in [0.2, 0.25) is 0 Å². The van der Waals surface area contributed by atoms with Gasteiger partial charge >= 0.3 is 0 Å². The Morgan fingerprint density at radius 2 is 2.11 bits per heavy atom. The fraction of sp³-hybridized carbons (Fsp3) is 0.0833. The molecule has 2 aromatic rings. The number of halogens is 2. The average molecular weight is 344 g/mol. The molecule has 0 aliphatic carbocycles. The van der Waals surface area contributed by atoms with Gasteiger partial charge in [-0.2, -0.15) is 0 Å². The summed E-state index contributed by atoms with van der Waals surface area (Å²) in [6.07, 6.45) is 1.62. The molecule has 0 aliphatic rings. The molecule has 0 saturated carbocycles. The number of aromatic nitrogens is 1. The molecular weight excluding hydrogens is 336 g/mol. The number of nitro groups is 1. The van der Waals surface area contributed by atoms with E-state index in [1.807, 2.05) is 0 Å². The van der Waals surface area contributed by atoms with Crippen LogP contribution in [0.15, 0.2) is 45.8 Å². The summed E-state index contributed by atoms with van der Waals surface area (Å²) in [5.41, 5.74) is 0.276. The van der Waals surface area contributed by atoms with Crippen LogP contribution in [0.25, 0.3) is 0 Å². The smallest absolute Gasteiger partial charge is 0.288 e. The maximum atomic E-state index is 11.8. The molecule has 0 radical (unpaired) electrons. The summed E-state index contributed by atoms with van der Waals surface area (Å²) in [4.78, 5) is 22.1. The monoisotopic (exact) mass is 342 g/mol. The molecule has 1 aromatic heterocycles. The fourth-order valence-corrected chi connectivity index (χ4v) is 2.19. The van der Waals surface area contributed by atoms with Gasteiger partial charge < -0.3 is 4.57 Å². The minimum Gasteiger partial charge on any atom is -0.310 e. The van der Waals surface area contributed by atoms with Gasteiger partial charge in [-0.15, -0.1) is 0 Å². The molecule has 0 bridgehead atoms. The van der Waals surface area contributed by atoms with Crippen LogP contribution in [-0.2, 0) is 6.54 Å². The van der Waals surface area contributed by atoms with Crippen molar-refractivity contribution in [1.29, 1.82) is 0 Å². The molecular formula is C12H8BrClN2O3. The van der Waals surface area contributed by atoms with E-state index < -0.39 is 4.92 Å². The van der Waals surface area contributed by atoms with E-state index in [4.69, 9.17) is 11.6 Å². The predicted molar refractivity (Wildman–Crippen MR) is 75.6 cm³/mol. The average Bonchev–Trinajstić information content (AvgIpc) is 2.37. The van der Waals surface area contributed by atoms with E-state index >= 15 is 0 Å². The van der Waals surface area contributed by atoms with Gasteiger partial charge in [0.05, 0.1) is 15.9 Å². The molecule has 0 saturated heterocycles. The van der Waals surface area contributed by atoms with Crippen molar-refractivity contribution < 1.29 is 4.92 Å². The molecule has 0 spiro atoms. The first-order valence-corrected chi connectivity index (χ1v) is 6.44. The van der Waals surface area contributed by atoms with E-state index in [1.54, 1.807) is 24.4 Å². The molecule has 0 unspecified atom stereocenters. The van der Waals surface area contributed by atoms with Crippen LogP contribution in [0, 0.1) is 10.1 Å². The number of hydrogen-bond acceptors (Lipinski definition) is 3. The Morgan fingerprint density at radius 1 is 1.37 bits per heavy atom. The van der Waals surface area contributed by atoms with E-state index in [0.29, 0.717) is 10.0 Å². The number of pyridine rings is 1. The highest BCUT2D eigenvalue weighted by atomic mass is 79.9. The number of nitrogens with zero attached hydrogens (tertiary/aromatic N) is 2. The first-order valence-electron chi connectivity index (χ1n) is 5.27. The molecule has 0 amide bonds. The Labute approximate surface area is 121 Å². The van der Waals surface area contributed by atoms with Crippen molar-refractivity contribution in [2.75, 3.05) is 0 Å². The third-order valence-corrected chi connectivity index (χ3v) is 3.46. The first kappa shape index (κ1) is 13.8. The lowest BCUT2D eigenvalue weighted by atomic mass is 10.2. The van der Waals surface area contributed by atoms with Crippen molar-refractivity contribution >= 4 is 33.2 Å². The molecule has 19 heavy (non-hydrogen) atoms. The van der Waals surface area contributed by atoms with E-state index in [9.17, 15) is 14.9 Å². The molecule has 1 heterocycles. The molecule has 1 aromatic carbocycles. The summed E-state index contributed by atoms with van der Waals surface area (Å²) in [5.74, 6) is 0. The van der Waals surface area contributed by atoms with Crippen LogP contribution >= 0.6 is 27.5 Å². The Balaban J connectivity index is 2.39. The topological polar surface area (TPSA) is 65.1 Å². The Morgan fingerprint density at radius 3 is 2.79 bits per heavy atom. The summed E-state index contributed by atoms with van der Waals surface area (Å²) < 4.78 is 1.90. The van der Waals surface area contributed by atoms with E-state index in [-0.39, 0.29) is 22.8 Å². The zero-order valence-electron chi connectivity index (χ0n) is 9.55. The lowest BCUT2D eigenvalue weighted by Gasteiger charge is -2.06. The lowest BCUT2D eigenvalue weighted by Crippen LogP contribution is -2.20. The second-order valence-corrected chi connectivity index (χ2v) is 5.09. The van der Waals surface area contributed by atoms with Crippen molar-refractivity contribution in [3.63, 3.8) is 0 Å². The van der Waals surface area contributed by atoms with Crippen molar-refractivity contribution in [3.05, 3.63) is 72.1 Å². The van der Waals surface area contributed by atoms with Gasteiger partial charge in [0, 0.05) is 12.3 Å². The van der Waals surface area contributed by atoms with Crippen LogP contribution in [0.5, 0.6) is 0 Å². The molecule has 0 atom stereocenters. The van der Waals surface area contributed by atoms with Crippen LogP contribution in [0.1, 0.15) is 5.56 Å². The normalized spacial score (nSPS) is 10.4. The lowest BCUT2D eigenvalue weighted by molar-refractivity contribution is -0.384. The van der Waals surface area contributed by atoms with Gasteiger partial charge in [-0.3, -0.25) is 14.9 Å². The second kappa shape index (κ2) is 5.54. The highest BCUT2D eigenvalue weighted by Gasteiger charge is 2.13. The SMILES string of the molecule is O=c1c(Br)cccn1Cc1ccc(Cl)c([N+](=O)[O-])c1. The van der Waals surface area contributed by atoms with E-state index in [1.165, 1.54) is 16.7 Å². The summed E-state index contributed by atoms with van der Waals surface area (Å²) in [5, 5.41) is 10.9. The van der Waals surface area contributed by atoms with Crippen LogP contribution in [0.4, 0.5) is 5.69 Å². The number of rotatable bonds is 3. The van der Waals surface area contributed by atoms with Crippen molar-refractivity contribution in [3.8, 4) is 0 Å². The third-order valence-electron chi connectivity index (χ3n) is 2.53. The van der Waals surface area contributed by atoms with Gasteiger partial charge in [-0.1, -0.05) is 17.7 Å². The number of benzene rings is 1. The molecule has 98 valence electrons. The van der Waals surface area contributed by atoms with Gasteiger partial charge in [0.25, 0.3) is 11.2 Å². The summed E-state index contributed by atoms with van der Waals surface area (Å²) in [6.45, 7) is 0.246. The Hall–Kier alpha value is -1.66. The van der Waals surface area contributed by atoms with Crippen molar-refractivity contribution in [2.24, 2.45) is 0 Å². The van der Waals surface area contributed by atoms with Crippen LogP contribution in [0.2, 0.25) is 5.02 Å². The van der Waals surface area contributed by atoms with Crippen molar-refractivity contribution in [2.45, 2.75) is 6.54 Å². The van der Waals surface area contributed by atoms with Gasteiger partial charge in [0.1, 0.15) is 5.02 Å². The quantitative estimate of drug-likeness (QED) is 0.635. The summed E-state index contributed by atoms with van der Waals surface area (Å²) >= 11 is 8.88. The number of hydrogen-bond donors (Lipinski definition) is 0. The molecule has 5 nitrogen and oxygen atoms in total. The van der Waals surface area contributed by atoms with E-state index in [0.717, 1.165) is 0 Å². The first-order chi connectivity index (χ1) is 8.99. The van der Waals surface area contributed by atoms with Gasteiger partial charge in [-0.05, 0) is 39.7 Å². The highest BCUT2D eigenvalue weighted by molar-refractivity contribution is 9.10. The van der Waals surface area contributed by atoms with E-state index in [2.05, 4.69) is 15.9 Å². The number of nitro benzene ring substituents is 1. The van der Waals surface area contributed by atoms with Gasteiger partial charge in [0.15, 0.2) is 0 Å². The van der Waals surface area contributed by atoms with Crippen LogP contribution in [0.3, 0.4) is 0 Å². The van der Waals surface area contributed by atoms with Crippen LogP contribution < -0.4 is 5.56 Å². The maximum absolute atomic E-state index is 11.8. The molecule has 0 fully saturated rings. The molecule has 0 aliphatic heterocycles. The zero-order valence-corrected chi connectivity index (χ0v) is 11.9. The molecule has 7 heteroatoms. The van der Waals surface area contributed by atoms with Gasteiger partial charge in [-0.25, -0.2) is 0 Å². The van der Waals surface area contributed by atoms with Crippen molar-refractivity contribution in [1.82, 2.24) is 4.57 Å². The predicted octanol–water partition coefficient (Wildman–Crippen LogP) is 3.22. The zero-order chi connectivity index (χ0) is 14.0. The minimum atomic E-state index is -0.546. The highest BCUT2D eigenvalue weighted by Crippen LogP contribution is 2.25. The Bertz CT molecular complexity index is 700. The standard InChI is InChI=1S/C12H8BrClN2O3/c13-9-2-1-5-15(12(9)17)7-8-3-4-10(14)11(6-8)16(18)19/h1-6H,7H2. The summed E-state index contributed by atoms with van der Waals surface area (Å²) in [7, 11) is 0. The fourth-order valence-electron chi connectivity index (χ4n) is 1.63. The molecule has 0 N–H and O–H groups in total. The Kier molecular flexibility index (Phi) is 4.01. The third kappa shape index (κ3) is 3.02. The molecule has 2 rings (SSSR count). The summed E-state index contributed by atoms with van der Waals surface area (Å²) in [6, 6.07) is 7.84. The second-order valence-electron chi connectivity index (χ2n) is 3.83. The maximum Gasteiger partial charge on any atom is 0.288 e. The minimum absolute atomic E-state index is 0.0790. The largest absolute Gasteiger partial charge is 0.310 e. The van der Waals surface area contributed by atoms with Crippen LogP contribution in [-0.4, -0.2) is 9.49 Å².